The first-order valence-corrected chi connectivity index (χ1v) is 8.32. The van der Waals surface area contributed by atoms with Crippen molar-refractivity contribution in [2.24, 2.45) is 0 Å². The lowest BCUT2D eigenvalue weighted by molar-refractivity contribution is 0.102. The van der Waals surface area contributed by atoms with Crippen LogP contribution in [0.15, 0.2) is 16.7 Å². The quantitative estimate of drug-likeness (QED) is 0.768. The molecule has 0 atom stereocenters. The second-order valence-corrected chi connectivity index (χ2v) is 6.75. The minimum atomic E-state index is -0.204. The van der Waals surface area contributed by atoms with Crippen molar-refractivity contribution in [1.82, 2.24) is 20.3 Å². The Morgan fingerprint density at radius 2 is 2.04 bits per heavy atom. The lowest BCUT2D eigenvalue weighted by Crippen LogP contribution is -2.13. The summed E-state index contributed by atoms with van der Waals surface area (Å²) in [6.45, 7) is 1.82. The summed E-state index contributed by atoms with van der Waals surface area (Å²) in [5.74, 6) is 1.34. The van der Waals surface area contributed by atoms with Gasteiger partial charge in [-0.2, -0.15) is 5.10 Å². The molecule has 5 rings (SSSR count). The molecule has 0 aromatic carbocycles. The molecule has 122 valence electrons. The first kappa shape index (κ1) is 13.7. The number of hydrogen-bond acceptors (Lipinski definition) is 5. The molecule has 3 aromatic heterocycles. The summed E-state index contributed by atoms with van der Waals surface area (Å²) in [6.07, 6.45) is 4.59. The van der Waals surface area contributed by atoms with Crippen molar-refractivity contribution in [3.05, 3.63) is 34.8 Å². The average molecular weight is 323 g/mol. The Kier molecular flexibility index (Phi) is 2.80. The van der Waals surface area contributed by atoms with Crippen molar-refractivity contribution in [2.45, 2.75) is 44.4 Å². The summed E-state index contributed by atoms with van der Waals surface area (Å²) in [7, 11) is 0. The van der Waals surface area contributed by atoms with Crippen LogP contribution in [0.4, 0.5) is 5.82 Å². The monoisotopic (exact) mass is 323 g/mol. The van der Waals surface area contributed by atoms with Gasteiger partial charge in [-0.1, -0.05) is 5.16 Å². The summed E-state index contributed by atoms with van der Waals surface area (Å²) in [5.41, 5.74) is 3.65. The van der Waals surface area contributed by atoms with E-state index in [-0.39, 0.29) is 5.91 Å². The number of aromatic nitrogens is 4. The maximum atomic E-state index is 12.8. The molecule has 0 spiro atoms. The molecule has 24 heavy (non-hydrogen) atoms. The average Bonchev–Trinajstić information content (AvgIpc) is 3.51. The number of anilines is 1. The second kappa shape index (κ2) is 4.90. The van der Waals surface area contributed by atoms with Gasteiger partial charge in [0, 0.05) is 29.3 Å². The minimum absolute atomic E-state index is 0.204. The van der Waals surface area contributed by atoms with Crippen LogP contribution >= 0.6 is 0 Å². The third kappa shape index (κ3) is 2.28. The summed E-state index contributed by atoms with van der Waals surface area (Å²) in [5, 5.41) is 14.7. The van der Waals surface area contributed by atoms with E-state index in [0.717, 1.165) is 24.2 Å². The predicted octanol–water partition coefficient (Wildman–Crippen LogP) is 3.26. The molecular weight excluding hydrogens is 306 g/mol. The fourth-order valence-corrected chi connectivity index (χ4v) is 3.07. The number of fused-ring (bicyclic) bond motifs is 1. The Hall–Kier alpha value is -2.70. The number of aromatic amines is 1. The zero-order valence-electron chi connectivity index (χ0n) is 13.3. The van der Waals surface area contributed by atoms with Crippen molar-refractivity contribution >= 4 is 22.8 Å². The van der Waals surface area contributed by atoms with Crippen molar-refractivity contribution < 1.29 is 9.32 Å². The molecule has 0 aliphatic heterocycles. The lowest BCUT2D eigenvalue weighted by atomic mass is 10.1. The maximum absolute atomic E-state index is 12.8. The van der Waals surface area contributed by atoms with Gasteiger partial charge in [0.25, 0.3) is 11.6 Å². The van der Waals surface area contributed by atoms with E-state index < -0.39 is 0 Å². The van der Waals surface area contributed by atoms with Gasteiger partial charge < -0.3 is 9.84 Å². The van der Waals surface area contributed by atoms with E-state index in [1.54, 1.807) is 0 Å². The highest BCUT2D eigenvalue weighted by molar-refractivity contribution is 6.12. The zero-order valence-corrected chi connectivity index (χ0v) is 13.3. The molecule has 7 nitrogen and oxygen atoms in total. The fourth-order valence-electron chi connectivity index (χ4n) is 3.07. The smallest absolute Gasteiger partial charge is 0.259 e. The SMILES string of the molecule is Cc1noc2nc(C3CC3)cc(C(=O)Nc3cc(C4CC4)[nH]n3)c12. The minimum Gasteiger partial charge on any atom is -0.336 e. The van der Waals surface area contributed by atoms with E-state index in [0.29, 0.717) is 40.0 Å². The predicted molar refractivity (Wildman–Crippen MR) is 87.0 cm³/mol. The molecule has 2 aliphatic rings. The molecule has 3 aromatic rings. The van der Waals surface area contributed by atoms with E-state index in [1.807, 2.05) is 19.1 Å². The number of aryl methyl sites for hydroxylation is 1. The molecule has 0 saturated heterocycles. The van der Waals surface area contributed by atoms with Crippen molar-refractivity contribution in [3.63, 3.8) is 0 Å². The van der Waals surface area contributed by atoms with Crippen LogP contribution < -0.4 is 5.32 Å². The van der Waals surface area contributed by atoms with Gasteiger partial charge in [-0.25, -0.2) is 4.98 Å². The van der Waals surface area contributed by atoms with E-state index >= 15 is 0 Å². The number of nitrogens with one attached hydrogen (secondary N) is 2. The second-order valence-electron chi connectivity index (χ2n) is 6.75. The third-order valence-corrected chi connectivity index (χ3v) is 4.73. The first-order chi connectivity index (χ1) is 11.7. The largest absolute Gasteiger partial charge is 0.336 e. The highest BCUT2D eigenvalue weighted by Crippen LogP contribution is 2.41. The molecule has 1 amide bonds. The Balaban J connectivity index is 1.51. The van der Waals surface area contributed by atoms with Crippen LogP contribution in [0.5, 0.6) is 0 Å². The topological polar surface area (TPSA) is 96.7 Å². The van der Waals surface area contributed by atoms with Gasteiger partial charge in [0.1, 0.15) is 0 Å². The van der Waals surface area contributed by atoms with Crippen molar-refractivity contribution in [1.29, 1.82) is 0 Å². The Morgan fingerprint density at radius 3 is 2.79 bits per heavy atom. The number of rotatable bonds is 4. The number of H-pyrrole nitrogens is 1. The normalized spacial score (nSPS) is 17.4. The number of pyridine rings is 1. The molecular formula is C17H17N5O2. The van der Waals surface area contributed by atoms with Gasteiger partial charge in [0.05, 0.1) is 16.6 Å². The van der Waals surface area contributed by atoms with Crippen molar-refractivity contribution in [2.75, 3.05) is 5.32 Å². The molecule has 2 fully saturated rings. The fraction of sp³-hybridized carbons (Fsp3) is 0.412. The van der Waals surface area contributed by atoms with E-state index in [9.17, 15) is 4.79 Å². The molecule has 0 unspecified atom stereocenters. The Labute approximate surface area is 137 Å². The standard InChI is InChI=1S/C17H17N5O2/c1-8-15-11(6-12(9-2-3-9)18-17(15)24-22-8)16(23)19-14-7-13(20-21-14)10-4-5-10/h6-7,9-10H,2-5H2,1H3,(H2,19,20,21,23). The van der Waals surface area contributed by atoms with Gasteiger partial charge in [-0.15, -0.1) is 0 Å². The molecule has 2 saturated carbocycles. The van der Waals surface area contributed by atoms with Crippen LogP contribution in [0.2, 0.25) is 0 Å². The summed E-state index contributed by atoms with van der Waals surface area (Å²) < 4.78 is 5.29. The van der Waals surface area contributed by atoms with Crippen LogP contribution in [-0.4, -0.2) is 26.2 Å². The van der Waals surface area contributed by atoms with Crippen LogP contribution in [0.1, 0.15) is 65.0 Å². The van der Waals surface area contributed by atoms with Crippen LogP contribution in [0, 0.1) is 6.92 Å². The van der Waals surface area contributed by atoms with E-state index in [1.165, 1.54) is 12.8 Å². The van der Waals surface area contributed by atoms with Gasteiger partial charge in [-0.3, -0.25) is 9.89 Å². The van der Waals surface area contributed by atoms with E-state index in [2.05, 4.69) is 25.7 Å². The molecule has 3 heterocycles. The lowest BCUT2D eigenvalue weighted by Gasteiger charge is -2.05. The van der Waals surface area contributed by atoms with Crippen LogP contribution in [0.3, 0.4) is 0 Å². The van der Waals surface area contributed by atoms with Crippen LogP contribution in [0.25, 0.3) is 11.1 Å². The number of carbonyl (C=O) groups excluding carboxylic acids is 1. The molecule has 7 heteroatoms. The van der Waals surface area contributed by atoms with Crippen molar-refractivity contribution in [3.8, 4) is 0 Å². The molecule has 0 radical (unpaired) electrons. The summed E-state index contributed by atoms with van der Waals surface area (Å²) in [4.78, 5) is 17.3. The van der Waals surface area contributed by atoms with Gasteiger partial charge in [-0.05, 0) is 38.7 Å². The number of hydrogen-bond donors (Lipinski definition) is 2. The molecule has 2 N–H and O–H groups in total. The third-order valence-electron chi connectivity index (χ3n) is 4.73. The highest BCUT2D eigenvalue weighted by Gasteiger charge is 2.29. The Bertz CT molecular complexity index is 949. The zero-order chi connectivity index (χ0) is 16.3. The highest BCUT2D eigenvalue weighted by atomic mass is 16.5. The molecule has 2 aliphatic carbocycles. The number of nitrogens with zero attached hydrogens (tertiary/aromatic N) is 3. The summed E-state index contributed by atoms with van der Waals surface area (Å²) in [6, 6.07) is 3.78. The number of amides is 1. The maximum Gasteiger partial charge on any atom is 0.259 e. The van der Waals surface area contributed by atoms with Gasteiger partial charge in [0.2, 0.25) is 0 Å². The summed E-state index contributed by atoms with van der Waals surface area (Å²) >= 11 is 0. The number of carbonyl (C=O) groups is 1. The van der Waals surface area contributed by atoms with Gasteiger partial charge in [0.15, 0.2) is 5.82 Å². The molecule has 0 bridgehead atoms. The Morgan fingerprint density at radius 1 is 1.25 bits per heavy atom. The van der Waals surface area contributed by atoms with Gasteiger partial charge >= 0.3 is 0 Å². The first-order valence-electron chi connectivity index (χ1n) is 8.32. The van der Waals surface area contributed by atoms with Crippen LogP contribution in [-0.2, 0) is 0 Å². The van der Waals surface area contributed by atoms with E-state index in [4.69, 9.17) is 4.52 Å².